The number of carbonyl (C=O) groups excluding carboxylic acids is 2. The number of thiophene rings is 1. The highest BCUT2D eigenvalue weighted by atomic mass is 32.1. The first-order chi connectivity index (χ1) is 10.5. The lowest BCUT2D eigenvalue weighted by Gasteiger charge is -2.29. The summed E-state index contributed by atoms with van der Waals surface area (Å²) in [6, 6.07) is 2.23. The summed E-state index contributed by atoms with van der Waals surface area (Å²) in [6.07, 6.45) is 0.943. The van der Waals surface area contributed by atoms with Gasteiger partial charge in [-0.2, -0.15) is 0 Å². The van der Waals surface area contributed by atoms with Crippen molar-refractivity contribution >= 4 is 23.2 Å². The lowest BCUT2D eigenvalue weighted by molar-refractivity contribution is -0.134. The highest BCUT2D eigenvalue weighted by Gasteiger charge is 2.23. The van der Waals surface area contributed by atoms with E-state index < -0.39 is 0 Å². The third kappa shape index (κ3) is 4.55. The average molecular weight is 323 g/mol. The van der Waals surface area contributed by atoms with Crippen LogP contribution in [-0.2, 0) is 22.6 Å². The van der Waals surface area contributed by atoms with Crippen molar-refractivity contribution in [3.05, 3.63) is 21.9 Å². The highest BCUT2D eigenvalue weighted by Crippen LogP contribution is 2.23. The standard InChI is InChI=1S/C16H25N3O2S/c1-4-18(10-15(20)17-12(2)3)11-16(21)19-7-5-14-13(9-19)6-8-22-14/h6,8,12H,4-5,7,9-11H2,1-3H3,(H,17,20). The quantitative estimate of drug-likeness (QED) is 0.863. The van der Waals surface area contributed by atoms with E-state index in [1.165, 1.54) is 10.4 Å². The minimum absolute atomic E-state index is 0.0246. The van der Waals surface area contributed by atoms with Crippen molar-refractivity contribution < 1.29 is 9.59 Å². The van der Waals surface area contributed by atoms with Crippen LogP contribution in [0.1, 0.15) is 31.2 Å². The first-order valence-electron chi connectivity index (χ1n) is 7.84. The van der Waals surface area contributed by atoms with E-state index >= 15 is 0 Å². The summed E-state index contributed by atoms with van der Waals surface area (Å²) in [7, 11) is 0. The highest BCUT2D eigenvalue weighted by molar-refractivity contribution is 7.10. The SMILES string of the molecule is CCN(CC(=O)NC(C)C)CC(=O)N1CCc2sccc2C1. The van der Waals surface area contributed by atoms with Gasteiger partial charge in [0.2, 0.25) is 11.8 Å². The molecule has 2 amide bonds. The topological polar surface area (TPSA) is 52.7 Å². The molecule has 0 saturated carbocycles. The van der Waals surface area contributed by atoms with Crippen molar-refractivity contribution in [3.8, 4) is 0 Å². The Labute approximate surface area is 136 Å². The molecular formula is C16H25N3O2S. The van der Waals surface area contributed by atoms with Gasteiger partial charge in [-0.25, -0.2) is 0 Å². The number of likely N-dealkylation sites (N-methyl/N-ethyl adjacent to an activating group) is 1. The molecule has 2 heterocycles. The zero-order valence-corrected chi connectivity index (χ0v) is 14.4. The molecule has 22 heavy (non-hydrogen) atoms. The number of amides is 2. The van der Waals surface area contributed by atoms with Gasteiger partial charge >= 0.3 is 0 Å². The predicted molar refractivity (Wildman–Crippen MR) is 88.8 cm³/mol. The fraction of sp³-hybridized carbons (Fsp3) is 0.625. The van der Waals surface area contributed by atoms with Gasteiger partial charge in [0, 0.05) is 24.0 Å². The maximum atomic E-state index is 12.5. The first kappa shape index (κ1) is 17.0. The number of nitrogens with zero attached hydrogens (tertiary/aromatic N) is 2. The second kappa shape index (κ2) is 7.74. The Balaban J connectivity index is 1.86. The Kier molecular flexibility index (Phi) is 5.97. The normalized spacial score (nSPS) is 14.3. The van der Waals surface area contributed by atoms with Crippen LogP contribution in [0.3, 0.4) is 0 Å². The van der Waals surface area contributed by atoms with E-state index in [0.29, 0.717) is 19.6 Å². The zero-order chi connectivity index (χ0) is 16.1. The summed E-state index contributed by atoms with van der Waals surface area (Å²) >= 11 is 1.77. The molecule has 0 aromatic carbocycles. The largest absolute Gasteiger partial charge is 0.353 e. The predicted octanol–water partition coefficient (Wildman–Crippen LogP) is 1.48. The molecule has 6 heteroatoms. The van der Waals surface area contributed by atoms with Crippen LogP contribution >= 0.6 is 11.3 Å². The average Bonchev–Trinajstić information content (AvgIpc) is 2.92. The van der Waals surface area contributed by atoms with Gasteiger partial charge in [-0.15, -0.1) is 11.3 Å². The Morgan fingerprint density at radius 3 is 2.86 bits per heavy atom. The van der Waals surface area contributed by atoms with Crippen LogP contribution in [0.5, 0.6) is 0 Å². The third-order valence-electron chi connectivity index (χ3n) is 3.78. The smallest absolute Gasteiger partial charge is 0.237 e. The number of hydrogen-bond donors (Lipinski definition) is 1. The lowest BCUT2D eigenvalue weighted by atomic mass is 10.1. The lowest BCUT2D eigenvalue weighted by Crippen LogP contribution is -2.46. The Bertz CT molecular complexity index is 527. The van der Waals surface area contributed by atoms with Crippen LogP contribution in [0.2, 0.25) is 0 Å². The minimum atomic E-state index is -0.0246. The molecule has 2 rings (SSSR count). The molecule has 0 saturated heterocycles. The van der Waals surface area contributed by atoms with Crippen LogP contribution in [0.4, 0.5) is 0 Å². The second-order valence-electron chi connectivity index (χ2n) is 5.96. The van der Waals surface area contributed by atoms with E-state index in [4.69, 9.17) is 0 Å². The molecule has 1 aliphatic rings. The number of hydrogen-bond acceptors (Lipinski definition) is 4. The number of fused-ring (bicyclic) bond motifs is 1. The van der Waals surface area contributed by atoms with Gasteiger partial charge in [-0.1, -0.05) is 6.92 Å². The summed E-state index contributed by atoms with van der Waals surface area (Å²) in [5.74, 6) is 0.0828. The fourth-order valence-electron chi connectivity index (χ4n) is 2.60. The summed E-state index contributed by atoms with van der Waals surface area (Å²) < 4.78 is 0. The van der Waals surface area contributed by atoms with E-state index in [1.54, 1.807) is 11.3 Å². The molecule has 1 aromatic rings. The summed E-state index contributed by atoms with van der Waals surface area (Å²) in [5.41, 5.74) is 1.27. The van der Waals surface area contributed by atoms with Crippen molar-refractivity contribution in [2.24, 2.45) is 0 Å². The van der Waals surface area contributed by atoms with Gasteiger partial charge in [0.1, 0.15) is 0 Å². The molecule has 0 aliphatic carbocycles. The Morgan fingerprint density at radius 1 is 1.41 bits per heavy atom. The van der Waals surface area contributed by atoms with E-state index in [9.17, 15) is 9.59 Å². The Morgan fingerprint density at radius 2 is 2.18 bits per heavy atom. The van der Waals surface area contributed by atoms with Crippen LogP contribution < -0.4 is 5.32 Å². The van der Waals surface area contributed by atoms with Crippen LogP contribution in [0, 0.1) is 0 Å². The molecule has 0 radical (unpaired) electrons. The molecule has 1 aliphatic heterocycles. The van der Waals surface area contributed by atoms with Gasteiger partial charge in [-0.05, 0) is 43.8 Å². The molecule has 0 bridgehead atoms. The van der Waals surface area contributed by atoms with Crippen LogP contribution in [-0.4, -0.2) is 53.8 Å². The summed E-state index contributed by atoms with van der Waals surface area (Å²) in [5, 5.41) is 4.96. The van der Waals surface area contributed by atoms with Gasteiger partial charge < -0.3 is 10.2 Å². The van der Waals surface area contributed by atoms with Gasteiger partial charge in [0.15, 0.2) is 0 Å². The molecule has 1 aromatic heterocycles. The second-order valence-corrected chi connectivity index (χ2v) is 6.96. The Hall–Kier alpha value is -1.40. The van der Waals surface area contributed by atoms with Crippen molar-refractivity contribution in [1.29, 1.82) is 0 Å². The fourth-order valence-corrected chi connectivity index (χ4v) is 3.49. The van der Waals surface area contributed by atoms with E-state index in [-0.39, 0.29) is 24.4 Å². The molecule has 122 valence electrons. The number of carbonyl (C=O) groups is 2. The van der Waals surface area contributed by atoms with Crippen molar-refractivity contribution in [3.63, 3.8) is 0 Å². The molecule has 0 unspecified atom stereocenters. The minimum Gasteiger partial charge on any atom is -0.353 e. The van der Waals surface area contributed by atoms with Crippen LogP contribution in [0.25, 0.3) is 0 Å². The molecule has 1 N–H and O–H groups in total. The summed E-state index contributed by atoms with van der Waals surface area (Å²) in [6.45, 7) is 8.60. The summed E-state index contributed by atoms with van der Waals surface area (Å²) in [4.78, 5) is 29.5. The maximum absolute atomic E-state index is 12.5. The van der Waals surface area contributed by atoms with Gasteiger partial charge in [0.25, 0.3) is 0 Å². The monoisotopic (exact) mass is 323 g/mol. The maximum Gasteiger partial charge on any atom is 0.237 e. The molecule has 0 atom stereocenters. The molecular weight excluding hydrogens is 298 g/mol. The zero-order valence-electron chi connectivity index (χ0n) is 13.6. The van der Waals surface area contributed by atoms with Crippen molar-refractivity contribution in [1.82, 2.24) is 15.1 Å². The first-order valence-corrected chi connectivity index (χ1v) is 8.72. The van der Waals surface area contributed by atoms with E-state index in [0.717, 1.165) is 13.0 Å². The molecule has 0 fully saturated rings. The molecule has 0 spiro atoms. The van der Waals surface area contributed by atoms with Crippen molar-refractivity contribution in [2.45, 2.75) is 39.8 Å². The molecule has 5 nitrogen and oxygen atoms in total. The third-order valence-corrected chi connectivity index (χ3v) is 4.81. The van der Waals surface area contributed by atoms with Crippen molar-refractivity contribution in [2.75, 3.05) is 26.2 Å². The van der Waals surface area contributed by atoms with Gasteiger partial charge in [-0.3, -0.25) is 14.5 Å². The number of nitrogens with one attached hydrogen (secondary N) is 1. The van der Waals surface area contributed by atoms with E-state index in [1.807, 2.05) is 30.6 Å². The van der Waals surface area contributed by atoms with E-state index in [2.05, 4.69) is 16.8 Å². The number of rotatable bonds is 6. The van der Waals surface area contributed by atoms with Crippen LogP contribution in [0.15, 0.2) is 11.4 Å². The van der Waals surface area contributed by atoms with Gasteiger partial charge in [0.05, 0.1) is 13.1 Å².